The lowest BCUT2D eigenvalue weighted by Crippen LogP contribution is -2.50. The molecule has 106 valence electrons. The first-order valence-corrected chi connectivity index (χ1v) is 6.71. The van der Waals surface area contributed by atoms with Gasteiger partial charge in [0.15, 0.2) is 0 Å². The molecule has 0 heterocycles. The molecule has 0 aromatic heterocycles. The first-order valence-electron chi connectivity index (χ1n) is 6.71. The molecule has 2 N–H and O–H groups in total. The van der Waals surface area contributed by atoms with Crippen LogP contribution in [0.5, 0.6) is 0 Å². The number of carbonyl (C=O) groups is 2. The molecule has 19 heavy (non-hydrogen) atoms. The Hall–Kier alpha value is -1.54. The maximum atomic E-state index is 12.0. The highest BCUT2D eigenvalue weighted by atomic mass is 16.4. The molecule has 0 atom stereocenters. The van der Waals surface area contributed by atoms with Crippen LogP contribution in [0.4, 0.5) is 0 Å². The van der Waals surface area contributed by atoms with Crippen LogP contribution >= 0.6 is 0 Å². The molecule has 0 saturated heterocycles. The number of carboxylic acids is 1. The van der Waals surface area contributed by atoms with E-state index >= 15 is 0 Å². The highest BCUT2D eigenvalue weighted by Gasteiger charge is 2.33. The van der Waals surface area contributed by atoms with E-state index in [0.29, 0.717) is 12.8 Å². The van der Waals surface area contributed by atoms with Crippen molar-refractivity contribution in [2.45, 2.75) is 51.1 Å². The van der Waals surface area contributed by atoms with Gasteiger partial charge in [-0.2, -0.15) is 0 Å². The smallest absolute Gasteiger partial charge is 0.317 e. The quantitative estimate of drug-likeness (QED) is 0.639. The third-order valence-electron chi connectivity index (χ3n) is 3.61. The highest BCUT2D eigenvalue weighted by Crippen LogP contribution is 2.26. The van der Waals surface area contributed by atoms with Crippen LogP contribution in [0, 0.1) is 12.3 Å². The van der Waals surface area contributed by atoms with Crippen molar-refractivity contribution in [2.24, 2.45) is 0 Å². The van der Waals surface area contributed by atoms with Crippen LogP contribution in [0.3, 0.4) is 0 Å². The van der Waals surface area contributed by atoms with Crippen molar-refractivity contribution in [1.82, 2.24) is 10.2 Å². The van der Waals surface area contributed by atoms with Crippen LogP contribution in [0.15, 0.2) is 0 Å². The van der Waals surface area contributed by atoms with Crippen LogP contribution in [0.2, 0.25) is 0 Å². The van der Waals surface area contributed by atoms with E-state index in [2.05, 4.69) is 11.2 Å². The number of hydrogen-bond donors (Lipinski definition) is 2. The largest absolute Gasteiger partial charge is 0.480 e. The van der Waals surface area contributed by atoms with Crippen molar-refractivity contribution in [1.29, 1.82) is 0 Å². The standard InChI is InChI=1S/C14H22N2O3/c1-4-14(5-2,6-3)15-12(17)9-16(10-13(18)19)11-7-8-11/h1,11H,5-10H2,2-3H3,(H,15,17)(H,18,19). The van der Waals surface area contributed by atoms with Gasteiger partial charge in [-0.15, -0.1) is 6.42 Å². The van der Waals surface area contributed by atoms with Gasteiger partial charge in [-0.25, -0.2) is 0 Å². The molecule has 0 unspecified atom stereocenters. The van der Waals surface area contributed by atoms with Crippen molar-refractivity contribution < 1.29 is 14.7 Å². The van der Waals surface area contributed by atoms with E-state index < -0.39 is 11.5 Å². The zero-order valence-corrected chi connectivity index (χ0v) is 11.6. The minimum atomic E-state index is -0.908. The number of amides is 1. The molecule has 5 nitrogen and oxygen atoms in total. The van der Waals surface area contributed by atoms with E-state index in [1.54, 1.807) is 4.90 Å². The number of carbonyl (C=O) groups excluding carboxylic acids is 1. The van der Waals surface area contributed by atoms with Gasteiger partial charge in [-0.3, -0.25) is 14.5 Å². The summed E-state index contributed by atoms with van der Waals surface area (Å²) in [6.45, 7) is 3.86. The summed E-state index contributed by atoms with van der Waals surface area (Å²) >= 11 is 0. The number of carboxylic acid groups (broad SMARTS) is 1. The Morgan fingerprint density at radius 3 is 2.32 bits per heavy atom. The Bertz CT molecular complexity index is 379. The Kier molecular flexibility index (Phi) is 5.37. The molecular formula is C14H22N2O3. The van der Waals surface area contributed by atoms with E-state index in [1.807, 2.05) is 13.8 Å². The molecule has 1 saturated carbocycles. The molecule has 0 aromatic carbocycles. The number of rotatable bonds is 8. The van der Waals surface area contributed by atoms with Crippen LogP contribution in [0.1, 0.15) is 39.5 Å². The van der Waals surface area contributed by atoms with Crippen LogP contribution < -0.4 is 5.32 Å². The van der Waals surface area contributed by atoms with E-state index in [9.17, 15) is 9.59 Å². The van der Waals surface area contributed by atoms with Gasteiger partial charge in [0.05, 0.1) is 13.1 Å². The average Bonchev–Trinajstić information content (AvgIpc) is 3.19. The Morgan fingerprint density at radius 1 is 1.37 bits per heavy atom. The Labute approximate surface area is 114 Å². The Morgan fingerprint density at radius 2 is 1.95 bits per heavy atom. The summed E-state index contributed by atoms with van der Waals surface area (Å²) in [5.41, 5.74) is -0.616. The normalized spacial score (nSPS) is 15.1. The number of nitrogens with zero attached hydrogens (tertiary/aromatic N) is 1. The predicted octanol–water partition coefficient (Wildman–Crippen LogP) is 0.844. The van der Waals surface area contributed by atoms with Crippen LogP contribution in [-0.4, -0.2) is 46.6 Å². The highest BCUT2D eigenvalue weighted by molar-refractivity contribution is 5.80. The predicted molar refractivity (Wildman–Crippen MR) is 72.5 cm³/mol. The number of nitrogens with one attached hydrogen (secondary N) is 1. The number of aliphatic carboxylic acids is 1. The zero-order chi connectivity index (χ0) is 14.5. The fourth-order valence-corrected chi connectivity index (χ4v) is 2.09. The third kappa shape index (κ3) is 4.56. The second-order valence-corrected chi connectivity index (χ2v) is 5.01. The van der Waals surface area contributed by atoms with Gasteiger partial charge in [0.1, 0.15) is 5.54 Å². The van der Waals surface area contributed by atoms with Gasteiger partial charge in [0, 0.05) is 6.04 Å². The van der Waals surface area contributed by atoms with Crippen molar-refractivity contribution in [2.75, 3.05) is 13.1 Å². The van der Waals surface area contributed by atoms with E-state index in [-0.39, 0.29) is 25.0 Å². The van der Waals surface area contributed by atoms with Crippen molar-refractivity contribution in [3.63, 3.8) is 0 Å². The molecule has 5 heteroatoms. The zero-order valence-electron chi connectivity index (χ0n) is 11.6. The van der Waals surface area contributed by atoms with Gasteiger partial charge in [-0.05, 0) is 25.7 Å². The topological polar surface area (TPSA) is 69.6 Å². The fourth-order valence-electron chi connectivity index (χ4n) is 2.09. The minimum absolute atomic E-state index is 0.0976. The summed E-state index contributed by atoms with van der Waals surface area (Å²) in [6, 6.07) is 0.227. The first-order chi connectivity index (χ1) is 8.96. The number of terminal acetylenes is 1. The van der Waals surface area contributed by atoms with Crippen molar-refractivity contribution in [3.8, 4) is 12.3 Å². The summed E-state index contributed by atoms with van der Waals surface area (Å²) in [4.78, 5) is 24.5. The second-order valence-electron chi connectivity index (χ2n) is 5.01. The van der Waals surface area contributed by atoms with Crippen LogP contribution in [0.25, 0.3) is 0 Å². The molecule has 0 aliphatic heterocycles. The average molecular weight is 266 g/mol. The van der Waals surface area contributed by atoms with E-state index in [1.165, 1.54) is 0 Å². The van der Waals surface area contributed by atoms with Gasteiger partial charge in [-0.1, -0.05) is 19.8 Å². The SMILES string of the molecule is C#CC(CC)(CC)NC(=O)CN(CC(=O)O)C1CC1. The van der Waals surface area contributed by atoms with E-state index in [4.69, 9.17) is 11.5 Å². The molecule has 0 radical (unpaired) electrons. The molecule has 1 aliphatic carbocycles. The summed E-state index contributed by atoms with van der Waals surface area (Å²) in [5.74, 6) is 1.53. The lowest BCUT2D eigenvalue weighted by atomic mass is 9.94. The number of hydrogen-bond acceptors (Lipinski definition) is 3. The van der Waals surface area contributed by atoms with Crippen LogP contribution in [-0.2, 0) is 9.59 Å². The van der Waals surface area contributed by atoms with Crippen molar-refractivity contribution in [3.05, 3.63) is 0 Å². The molecule has 1 rings (SSSR count). The first kappa shape index (κ1) is 15.5. The molecule has 1 aliphatic rings. The summed E-state index contributed by atoms with van der Waals surface area (Å²) in [7, 11) is 0. The fraction of sp³-hybridized carbons (Fsp3) is 0.714. The molecular weight excluding hydrogens is 244 g/mol. The lowest BCUT2D eigenvalue weighted by Gasteiger charge is -2.28. The molecule has 0 aromatic rings. The molecule has 0 spiro atoms. The minimum Gasteiger partial charge on any atom is -0.480 e. The summed E-state index contributed by atoms with van der Waals surface area (Å²) in [6.07, 6.45) is 8.73. The Balaban J connectivity index is 2.57. The van der Waals surface area contributed by atoms with Gasteiger partial charge in [0.2, 0.25) is 5.91 Å². The third-order valence-corrected chi connectivity index (χ3v) is 3.61. The lowest BCUT2D eigenvalue weighted by molar-refractivity contribution is -0.139. The molecule has 0 bridgehead atoms. The molecule has 1 amide bonds. The monoisotopic (exact) mass is 266 g/mol. The van der Waals surface area contributed by atoms with Crippen molar-refractivity contribution >= 4 is 11.9 Å². The van der Waals surface area contributed by atoms with Gasteiger partial charge < -0.3 is 10.4 Å². The molecule has 1 fully saturated rings. The maximum absolute atomic E-state index is 12.0. The maximum Gasteiger partial charge on any atom is 0.317 e. The summed E-state index contributed by atoms with van der Waals surface area (Å²) < 4.78 is 0. The summed E-state index contributed by atoms with van der Waals surface area (Å²) in [5, 5.41) is 11.7. The van der Waals surface area contributed by atoms with E-state index in [0.717, 1.165) is 12.8 Å². The van der Waals surface area contributed by atoms with Gasteiger partial charge >= 0.3 is 5.97 Å². The second kappa shape index (κ2) is 6.58. The van der Waals surface area contributed by atoms with Gasteiger partial charge in [0.25, 0.3) is 0 Å².